The third-order valence-electron chi connectivity index (χ3n) is 1.89. The first kappa shape index (κ1) is 11.0. The Balaban J connectivity index is 2.70. The molecule has 0 saturated heterocycles. The molecule has 0 aliphatic heterocycles. The average molecular weight is 215 g/mol. The standard InChI is InChI=1S/C10H11ClO3/c11-10(14,7-6-9(12)13)8-4-2-1-3-5-8/h1-5,14H,6-7H2,(H,12,13). The second kappa shape index (κ2) is 4.44. The summed E-state index contributed by atoms with van der Waals surface area (Å²) in [6, 6.07) is 8.60. The number of hydrogen-bond acceptors (Lipinski definition) is 2. The van der Waals surface area contributed by atoms with Crippen molar-refractivity contribution in [1.82, 2.24) is 0 Å². The summed E-state index contributed by atoms with van der Waals surface area (Å²) in [7, 11) is 0. The Labute approximate surface area is 86.9 Å². The van der Waals surface area contributed by atoms with Gasteiger partial charge in [-0.15, -0.1) is 0 Å². The third kappa shape index (κ3) is 3.01. The summed E-state index contributed by atoms with van der Waals surface area (Å²) < 4.78 is 0. The minimum absolute atomic E-state index is 0.00605. The van der Waals surface area contributed by atoms with E-state index in [1.807, 2.05) is 0 Å². The van der Waals surface area contributed by atoms with Crippen molar-refractivity contribution >= 4 is 17.6 Å². The molecule has 0 bridgehead atoms. The largest absolute Gasteiger partial charge is 0.481 e. The molecule has 0 fully saturated rings. The predicted octanol–water partition coefficient (Wildman–Crippen LogP) is 1.94. The molecule has 0 aromatic heterocycles. The maximum atomic E-state index is 10.3. The lowest BCUT2D eigenvalue weighted by atomic mass is 10.0. The Hall–Kier alpha value is -1.06. The van der Waals surface area contributed by atoms with Crippen LogP contribution < -0.4 is 0 Å². The molecule has 76 valence electrons. The first-order valence-electron chi connectivity index (χ1n) is 4.21. The quantitative estimate of drug-likeness (QED) is 0.753. The minimum atomic E-state index is -1.58. The fraction of sp³-hybridized carbons (Fsp3) is 0.300. The molecule has 1 rings (SSSR count). The van der Waals surface area contributed by atoms with Crippen LogP contribution in [0.2, 0.25) is 0 Å². The molecule has 4 heteroatoms. The van der Waals surface area contributed by atoms with Gasteiger partial charge in [0.1, 0.15) is 0 Å². The van der Waals surface area contributed by atoms with Crippen molar-refractivity contribution in [3.05, 3.63) is 35.9 Å². The lowest BCUT2D eigenvalue weighted by Gasteiger charge is -2.19. The van der Waals surface area contributed by atoms with Crippen LogP contribution >= 0.6 is 11.6 Å². The average Bonchev–Trinajstić information content (AvgIpc) is 2.16. The lowest BCUT2D eigenvalue weighted by Crippen LogP contribution is -2.19. The molecular weight excluding hydrogens is 204 g/mol. The van der Waals surface area contributed by atoms with Gasteiger partial charge >= 0.3 is 5.97 Å². The number of alkyl halides is 1. The van der Waals surface area contributed by atoms with Crippen LogP contribution in [0.25, 0.3) is 0 Å². The summed E-state index contributed by atoms with van der Waals surface area (Å²) in [4.78, 5) is 10.3. The SMILES string of the molecule is O=C(O)CCC(O)(Cl)c1ccccc1. The van der Waals surface area contributed by atoms with Gasteiger partial charge in [0.15, 0.2) is 5.06 Å². The second-order valence-corrected chi connectivity index (χ2v) is 3.64. The molecular formula is C10H11ClO3. The van der Waals surface area contributed by atoms with Crippen molar-refractivity contribution in [2.75, 3.05) is 0 Å². The fourth-order valence-corrected chi connectivity index (χ4v) is 1.33. The molecule has 0 aliphatic carbocycles. The van der Waals surface area contributed by atoms with Crippen LogP contribution in [0.5, 0.6) is 0 Å². The highest BCUT2D eigenvalue weighted by Crippen LogP contribution is 2.30. The van der Waals surface area contributed by atoms with Gasteiger partial charge in [-0.2, -0.15) is 0 Å². The van der Waals surface area contributed by atoms with Gasteiger partial charge in [0.05, 0.1) is 0 Å². The number of aliphatic carboxylic acids is 1. The number of rotatable bonds is 4. The van der Waals surface area contributed by atoms with E-state index in [9.17, 15) is 9.90 Å². The van der Waals surface area contributed by atoms with E-state index in [1.54, 1.807) is 30.3 Å². The number of aliphatic hydroxyl groups is 1. The molecule has 0 aliphatic rings. The zero-order valence-corrected chi connectivity index (χ0v) is 8.24. The molecule has 1 aromatic carbocycles. The highest BCUT2D eigenvalue weighted by molar-refractivity contribution is 6.22. The van der Waals surface area contributed by atoms with Gasteiger partial charge in [0.25, 0.3) is 0 Å². The van der Waals surface area contributed by atoms with Gasteiger partial charge in [-0.1, -0.05) is 41.9 Å². The van der Waals surface area contributed by atoms with E-state index in [4.69, 9.17) is 16.7 Å². The predicted molar refractivity (Wildman–Crippen MR) is 53.1 cm³/mol. The summed E-state index contributed by atoms with van der Waals surface area (Å²) in [6.07, 6.45) is -0.164. The van der Waals surface area contributed by atoms with Crippen LogP contribution in [0.3, 0.4) is 0 Å². The number of carboxylic acid groups (broad SMARTS) is 1. The highest BCUT2D eigenvalue weighted by Gasteiger charge is 2.26. The Kier molecular flexibility index (Phi) is 3.49. The molecule has 0 amide bonds. The van der Waals surface area contributed by atoms with E-state index < -0.39 is 11.0 Å². The van der Waals surface area contributed by atoms with Crippen LogP contribution in [0.1, 0.15) is 18.4 Å². The number of carbonyl (C=O) groups is 1. The van der Waals surface area contributed by atoms with Gasteiger partial charge in [-0.25, -0.2) is 0 Å². The summed E-state index contributed by atoms with van der Waals surface area (Å²) in [5.41, 5.74) is 0.517. The van der Waals surface area contributed by atoms with E-state index >= 15 is 0 Å². The fourth-order valence-electron chi connectivity index (χ4n) is 1.11. The summed E-state index contributed by atoms with van der Waals surface area (Å²) in [6.45, 7) is 0. The highest BCUT2D eigenvalue weighted by atomic mass is 35.5. The van der Waals surface area contributed by atoms with Crippen molar-refractivity contribution in [2.45, 2.75) is 17.9 Å². The Bertz CT molecular complexity index is 308. The maximum Gasteiger partial charge on any atom is 0.303 e. The van der Waals surface area contributed by atoms with Gasteiger partial charge in [0, 0.05) is 12.8 Å². The number of benzene rings is 1. The van der Waals surface area contributed by atoms with E-state index in [0.717, 1.165) is 0 Å². The molecule has 0 radical (unpaired) electrons. The van der Waals surface area contributed by atoms with E-state index in [-0.39, 0.29) is 12.8 Å². The summed E-state index contributed by atoms with van der Waals surface area (Å²) in [5.74, 6) is -0.972. The molecule has 14 heavy (non-hydrogen) atoms. The molecule has 2 N–H and O–H groups in total. The number of halogens is 1. The zero-order valence-electron chi connectivity index (χ0n) is 7.48. The molecule has 1 aromatic rings. The monoisotopic (exact) mass is 214 g/mol. The van der Waals surface area contributed by atoms with Crippen LogP contribution in [0.4, 0.5) is 0 Å². The number of hydrogen-bond donors (Lipinski definition) is 2. The van der Waals surface area contributed by atoms with Gasteiger partial charge in [-0.3, -0.25) is 4.79 Å². The van der Waals surface area contributed by atoms with Crippen molar-refractivity contribution in [1.29, 1.82) is 0 Å². The van der Waals surface area contributed by atoms with Crippen molar-refractivity contribution in [3.8, 4) is 0 Å². The van der Waals surface area contributed by atoms with Gasteiger partial charge < -0.3 is 10.2 Å². The second-order valence-electron chi connectivity index (χ2n) is 3.02. The normalized spacial score (nSPS) is 14.7. The summed E-state index contributed by atoms with van der Waals surface area (Å²) >= 11 is 5.80. The lowest BCUT2D eigenvalue weighted by molar-refractivity contribution is -0.137. The van der Waals surface area contributed by atoms with E-state index in [0.29, 0.717) is 5.56 Å². The first-order chi connectivity index (χ1) is 6.52. The van der Waals surface area contributed by atoms with Crippen molar-refractivity contribution in [3.63, 3.8) is 0 Å². The van der Waals surface area contributed by atoms with Crippen LogP contribution in [0, 0.1) is 0 Å². The Morgan fingerprint density at radius 1 is 1.36 bits per heavy atom. The van der Waals surface area contributed by atoms with Crippen molar-refractivity contribution < 1.29 is 15.0 Å². The first-order valence-corrected chi connectivity index (χ1v) is 4.59. The Morgan fingerprint density at radius 3 is 2.43 bits per heavy atom. The minimum Gasteiger partial charge on any atom is -0.481 e. The molecule has 0 spiro atoms. The van der Waals surface area contributed by atoms with Gasteiger partial charge in [-0.05, 0) is 5.56 Å². The summed E-state index contributed by atoms with van der Waals surface area (Å²) in [5, 5.41) is 16.6. The smallest absolute Gasteiger partial charge is 0.303 e. The number of carboxylic acids is 1. The molecule has 1 unspecified atom stereocenters. The molecule has 1 atom stereocenters. The maximum absolute atomic E-state index is 10.3. The molecule has 3 nitrogen and oxygen atoms in total. The third-order valence-corrected chi connectivity index (χ3v) is 2.29. The van der Waals surface area contributed by atoms with Crippen LogP contribution in [0.15, 0.2) is 30.3 Å². The Morgan fingerprint density at radius 2 is 1.93 bits per heavy atom. The topological polar surface area (TPSA) is 57.5 Å². The zero-order chi connectivity index (χ0) is 10.6. The molecule has 0 heterocycles. The van der Waals surface area contributed by atoms with E-state index in [1.165, 1.54) is 0 Å². The van der Waals surface area contributed by atoms with Crippen LogP contribution in [-0.2, 0) is 9.85 Å². The van der Waals surface area contributed by atoms with Crippen molar-refractivity contribution in [2.24, 2.45) is 0 Å². The van der Waals surface area contributed by atoms with Crippen LogP contribution in [-0.4, -0.2) is 16.2 Å². The van der Waals surface area contributed by atoms with Gasteiger partial charge in [0.2, 0.25) is 0 Å². The molecule has 0 saturated carbocycles. The van der Waals surface area contributed by atoms with E-state index in [2.05, 4.69) is 0 Å².